The zero-order valence-corrected chi connectivity index (χ0v) is 15.8. The highest BCUT2D eigenvalue weighted by atomic mass is 16.2. The SMILES string of the molecule is C#Cc1cccc(N(CC(=O)NC)C(=O)c2cccc(N3C(=O)CCC3=O)c2)c1. The highest BCUT2D eigenvalue weighted by molar-refractivity contribution is 6.20. The molecule has 0 radical (unpaired) electrons. The fraction of sp³-hybridized carbons (Fsp3) is 0.182. The monoisotopic (exact) mass is 389 g/mol. The van der Waals surface area contributed by atoms with Crippen molar-refractivity contribution in [2.75, 3.05) is 23.4 Å². The molecule has 0 aliphatic carbocycles. The van der Waals surface area contributed by atoms with Gasteiger partial charge in [0.05, 0.1) is 5.69 Å². The largest absolute Gasteiger partial charge is 0.358 e. The average molecular weight is 389 g/mol. The number of benzene rings is 2. The predicted octanol–water partition coefficient (Wildman–Crippen LogP) is 1.71. The van der Waals surface area contributed by atoms with E-state index in [0.29, 0.717) is 16.9 Å². The van der Waals surface area contributed by atoms with Crippen LogP contribution in [0.2, 0.25) is 0 Å². The van der Waals surface area contributed by atoms with Gasteiger partial charge in [0.2, 0.25) is 17.7 Å². The van der Waals surface area contributed by atoms with Crippen molar-refractivity contribution in [1.82, 2.24) is 5.32 Å². The molecule has 1 fully saturated rings. The molecule has 2 aromatic carbocycles. The van der Waals surface area contributed by atoms with Gasteiger partial charge in [-0.15, -0.1) is 6.42 Å². The van der Waals surface area contributed by atoms with Gasteiger partial charge in [-0.05, 0) is 36.4 Å². The molecule has 1 aliphatic rings. The van der Waals surface area contributed by atoms with E-state index >= 15 is 0 Å². The average Bonchev–Trinajstić information content (AvgIpc) is 3.09. The van der Waals surface area contributed by atoms with Crippen molar-refractivity contribution >= 4 is 35.0 Å². The topological polar surface area (TPSA) is 86.8 Å². The number of imide groups is 1. The van der Waals surface area contributed by atoms with Crippen LogP contribution in [0.4, 0.5) is 11.4 Å². The summed E-state index contributed by atoms with van der Waals surface area (Å²) in [5.41, 5.74) is 1.61. The van der Waals surface area contributed by atoms with Gasteiger partial charge in [-0.3, -0.25) is 29.0 Å². The van der Waals surface area contributed by atoms with E-state index in [0.717, 1.165) is 4.90 Å². The van der Waals surface area contributed by atoms with E-state index in [1.165, 1.54) is 18.0 Å². The van der Waals surface area contributed by atoms with E-state index in [1.807, 2.05) is 0 Å². The van der Waals surface area contributed by atoms with Crippen LogP contribution in [-0.2, 0) is 14.4 Å². The van der Waals surface area contributed by atoms with E-state index in [-0.39, 0.29) is 42.7 Å². The van der Waals surface area contributed by atoms with Crippen molar-refractivity contribution < 1.29 is 19.2 Å². The normalized spacial score (nSPS) is 13.2. The summed E-state index contributed by atoms with van der Waals surface area (Å²) in [4.78, 5) is 51.6. The Hall–Kier alpha value is -3.92. The second kappa shape index (κ2) is 8.40. The van der Waals surface area contributed by atoms with E-state index in [9.17, 15) is 19.2 Å². The quantitative estimate of drug-likeness (QED) is 0.623. The van der Waals surface area contributed by atoms with Crippen LogP contribution in [-0.4, -0.2) is 37.2 Å². The number of carbonyl (C=O) groups excluding carboxylic acids is 4. The molecule has 7 nitrogen and oxygen atoms in total. The van der Waals surface area contributed by atoms with Gasteiger partial charge in [0.1, 0.15) is 6.54 Å². The van der Waals surface area contributed by atoms with E-state index in [1.54, 1.807) is 42.5 Å². The lowest BCUT2D eigenvalue weighted by Crippen LogP contribution is -2.40. The third kappa shape index (κ3) is 4.17. The van der Waals surface area contributed by atoms with Crippen LogP contribution in [0.25, 0.3) is 0 Å². The van der Waals surface area contributed by atoms with Crippen molar-refractivity contribution in [2.24, 2.45) is 0 Å². The zero-order valence-electron chi connectivity index (χ0n) is 15.8. The second-order valence-electron chi connectivity index (χ2n) is 6.43. The van der Waals surface area contributed by atoms with Crippen molar-refractivity contribution in [3.63, 3.8) is 0 Å². The molecule has 3 rings (SSSR count). The van der Waals surface area contributed by atoms with Crippen LogP contribution in [0, 0.1) is 12.3 Å². The molecule has 0 atom stereocenters. The van der Waals surface area contributed by atoms with E-state index < -0.39 is 5.91 Å². The lowest BCUT2D eigenvalue weighted by Gasteiger charge is -2.23. The minimum absolute atomic E-state index is 0.151. The van der Waals surface area contributed by atoms with Crippen molar-refractivity contribution in [1.29, 1.82) is 0 Å². The summed E-state index contributed by atoms with van der Waals surface area (Å²) >= 11 is 0. The maximum atomic E-state index is 13.2. The summed E-state index contributed by atoms with van der Waals surface area (Å²) in [5.74, 6) is 1.09. The molecule has 29 heavy (non-hydrogen) atoms. The Kier molecular flexibility index (Phi) is 5.74. The van der Waals surface area contributed by atoms with Crippen LogP contribution >= 0.6 is 0 Å². The third-order valence-corrected chi connectivity index (χ3v) is 4.55. The summed E-state index contributed by atoms with van der Waals surface area (Å²) in [5, 5.41) is 2.50. The molecule has 1 aliphatic heterocycles. The molecule has 0 aromatic heterocycles. The smallest absolute Gasteiger partial charge is 0.258 e. The van der Waals surface area contributed by atoms with Gasteiger partial charge in [-0.25, -0.2) is 0 Å². The summed E-state index contributed by atoms with van der Waals surface area (Å²) in [6, 6.07) is 13.0. The second-order valence-corrected chi connectivity index (χ2v) is 6.43. The van der Waals surface area contributed by atoms with Crippen LogP contribution in [0.1, 0.15) is 28.8 Å². The first-order chi connectivity index (χ1) is 13.9. The number of nitrogens with zero attached hydrogens (tertiary/aromatic N) is 2. The van der Waals surface area contributed by atoms with Gasteiger partial charge >= 0.3 is 0 Å². The lowest BCUT2D eigenvalue weighted by molar-refractivity contribution is -0.121. The Morgan fingerprint density at radius 3 is 2.45 bits per heavy atom. The van der Waals surface area contributed by atoms with Crippen molar-refractivity contribution in [3.8, 4) is 12.3 Å². The van der Waals surface area contributed by atoms with Gasteiger partial charge < -0.3 is 5.32 Å². The fourth-order valence-corrected chi connectivity index (χ4v) is 3.07. The zero-order chi connectivity index (χ0) is 21.0. The summed E-state index contributed by atoms with van der Waals surface area (Å²) in [6.07, 6.45) is 5.75. The van der Waals surface area contributed by atoms with Gasteiger partial charge in [-0.2, -0.15) is 0 Å². The van der Waals surface area contributed by atoms with Crippen molar-refractivity contribution in [3.05, 3.63) is 59.7 Å². The molecule has 0 unspecified atom stereocenters. The Bertz CT molecular complexity index is 1020. The highest BCUT2D eigenvalue weighted by Crippen LogP contribution is 2.25. The van der Waals surface area contributed by atoms with Crippen LogP contribution in [0.5, 0.6) is 0 Å². The number of anilines is 2. The molecule has 1 N–H and O–H groups in total. The maximum absolute atomic E-state index is 13.2. The number of likely N-dealkylation sites (N-methyl/N-ethyl adjacent to an activating group) is 1. The van der Waals surface area contributed by atoms with Crippen molar-refractivity contribution in [2.45, 2.75) is 12.8 Å². The van der Waals surface area contributed by atoms with Crippen LogP contribution in [0.15, 0.2) is 48.5 Å². The Morgan fingerprint density at radius 1 is 1.10 bits per heavy atom. The van der Waals surface area contributed by atoms with Gasteiger partial charge in [0, 0.05) is 36.7 Å². The van der Waals surface area contributed by atoms with Gasteiger partial charge in [0.15, 0.2) is 0 Å². The molecule has 2 aromatic rings. The van der Waals surface area contributed by atoms with E-state index in [4.69, 9.17) is 6.42 Å². The molecule has 1 saturated heterocycles. The van der Waals surface area contributed by atoms with Gasteiger partial charge in [0.25, 0.3) is 5.91 Å². The number of nitrogens with one attached hydrogen (secondary N) is 1. The number of rotatable bonds is 5. The molecular formula is C22H19N3O4. The minimum atomic E-state index is -0.455. The number of terminal acetylenes is 1. The molecule has 146 valence electrons. The first kappa shape index (κ1) is 19.8. The first-order valence-corrected chi connectivity index (χ1v) is 8.99. The Morgan fingerprint density at radius 2 is 1.79 bits per heavy atom. The molecule has 0 bridgehead atoms. The number of hydrogen-bond acceptors (Lipinski definition) is 4. The Labute approximate surface area is 168 Å². The predicted molar refractivity (Wildman–Crippen MR) is 108 cm³/mol. The first-order valence-electron chi connectivity index (χ1n) is 8.99. The molecule has 0 saturated carbocycles. The molecule has 0 spiro atoms. The molecule has 7 heteroatoms. The lowest BCUT2D eigenvalue weighted by atomic mass is 10.1. The number of carbonyl (C=O) groups is 4. The number of hydrogen-bond donors (Lipinski definition) is 1. The third-order valence-electron chi connectivity index (χ3n) is 4.55. The fourth-order valence-electron chi connectivity index (χ4n) is 3.07. The summed E-state index contributed by atoms with van der Waals surface area (Å²) in [6.45, 7) is -0.213. The summed E-state index contributed by atoms with van der Waals surface area (Å²) in [7, 11) is 1.48. The number of amides is 4. The van der Waals surface area contributed by atoms with Crippen LogP contribution in [0.3, 0.4) is 0 Å². The molecule has 1 heterocycles. The van der Waals surface area contributed by atoms with Gasteiger partial charge in [-0.1, -0.05) is 18.1 Å². The summed E-state index contributed by atoms with van der Waals surface area (Å²) < 4.78 is 0. The van der Waals surface area contributed by atoms with E-state index in [2.05, 4.69) is 11.2 Å². The Balaban J connectivity index is 1.98. The molecule has 4 amide bonds. The molecular weight excluding hydrogens is 370 g/mol. The highest BCUT2D eigenvalue weighted by Gasteiger charge is 2.31. The van der Waals surface area contributed by atoms with Crippen LogP contribution < -0.4 is 15.1 Å². The maximum Gasteiger partial charge on any atom is 0.258 e. The minimum Gasteiger partial charge on any atom is -0.358 e. The standard InChI is InChI=1S/C22H19N3O4/c1-3-15-6-4-8-17(12-15)24(14-19(26)23-2)22(29)16-7-5-9-18(13-16)25-20(27)10-11-21(25)28/h1,4-9,12-13H,10-11,14H2,2H3,(H,23,26).